The minimum absolute atomic E-state index is 0. The molecule has 1 aromatic heterocycles. The van der Waals surface area contributed by atoms with Gasteiger partial charge in [-0.25, -0.2) is 4.99 Å². The molecule has 5 nitrogen and oxygen atoms in total. The van der Waals surface area contributed by atoms with E-state index in [0.29, 0.717) is 12.6 Å². The summed E-state index contributed by atoms with van der Waals surface area (Å²) in [6.45, 7) is 10.0. The first-order valence-electron chi connectivity index (χ1n) is 7.70. The van der Waals surface area contributed by atoms with Crippen LogP contribution in [0.5, 0.6) is 0 Å². The van der Waals surface area contributed by atoms with Crippen LogP contribution in [0.15, 0.2) is 9.52 Å². The number of aryl methyl sites for hydroxylation is 2. The fourth-order valence-electron chi connectivity index (χ4n) is 2.29. The summed E-state index contributed by atoms with van der Waals surface area (Å²) in [5, 5.41) is 10.9. The number of aromatic nitrogens is 1. The summed E-state index contributed by atoms with van der Waals surface area (Å²) in [6.07, 6.45) is 2.98. The summed E-state index contributed by atoms with van der Waals surface area (Å²) in [7, 11) is 0. The van der Waals surface area contributed by atoms with Gasteiger partial charge in [-0.1, -0.05) is 25.9 Å². The topological polar surface area (TPSA) is 62.5 Å². The lowest BCUT2D eigenvalue weighted by Gasteiger charge is -2.10. The van der Waals surface area contributed by atoms with Gasteiger partial charge in [0.25, 0.3) is 0 Å². The monoisotopic (exact) mass is 406 g/mol. The molecule has 0 spiro atoms. The third-order valence-corrected chi connectivity index (χ3v) is 3.78. The Balaban J connectivity index is 0.00000220. The van der Waals surface area contributed by atoms with E-state index in [0.717, 1.165) is 48.3 Å². The van der Waals surface area contributed by atoms with Gasteiger partial charge in [-0.15, -0.1) is 24.0 Å². The molecule has 2 unspecified atom stereocenters. The fraction of sp³-hybridized carbons (Fsp3) is 0.733. The summed E-state index contributed by atoms with van der Waals surface area (Å²) < 4.78 is 5.38. The van der Waals surface area contributed by atoms with Crippen molar-refractivity contribution in [1.29, 1.82) is 0 Å². The first-order chi connectivity index (χ1) is 9.69. The molecule has 1 aliphatic rings. The van der Waals surface area contributed by atoms with E-state index < -0.39 is 0 Å². The van der Waals surface area contributed by atoms with Gasteiger partial charge in [-0.2, -0.15) is 0 Å². The maximum Gasteiger partial charge on any atom is 0.191 e. The number of rotatable bonds is 6. The van der Waals surface area contributed by atoms with Crippen molar-refractivity contribution in [3.05, 3.63) is 17.0 Å². The van der Waals surface area contributed by atoms with E-state index in [2.05, 4.69) is 48.5 Å². The van der Waals surface area contributed by atoms with Crippen LogP contribution in [0.4, 0.5) is 0 Å². The largest absolute Gasteiger partial charge is 0.361 e. The number of guanidine groups is 1. The second-order valence-corrected chi connectivity index (χ2v) is 5.40. The van der Waals surface area contributed by atoms with Crippen molar-refractivity contribution in [2.24, 2.45) is 10.9 Å². The molecule has 0 radical (unpaired) electrons. The van der Waals surface area contributed by atoms with Crippen molar-refractivity contribution in [1.82, 2.24) is 15.8 Å². The molecule has 2 rings (SSSR count). The molecule has 2 atom stereocenters. The zero-order chi connectivity index (χ0) is 14.5. The highest BCUT2D eigenvalue weighted by atomic mass is 127. The van der Waals surface area contributed by atoms with Crippen molar-refractivity contribution < 1.29 is 4.52 Å². The first-order valence-corrected chi connectivity index (χ1v) is 7.70. The molecule has 0 amide bonds. The second-order valence-electron chi connectivity index (χ2n) is 5.40. The van der Waals surface area contributed by atoms with Crippen LogP contribution in [0.1, 0.15) is 51.1 Å². The van der Waals surface area contributed by atoms with E-state index in [1.165, 1.54) is 6.42 Å². The summed E-state index contributed by atoms with van der Waals surface area (Å²) >= 11 is 0. The standard InChI is InChI=1S/C15H26N4O.HI/c1-5-12-11(14(6-2)20-19-12)9-17-15(16-7-3)18-13-8-10(13)4;/h10,13H,5-9H2,1-4H3,(H2,16,17,18);1H. The van der Waals surface area contributed by atoms with E-state index in [-0.39, 0.29) is 24.0 Å². The molecule has 120 valence electrons. The van der Waals surface area contributed by atoms with E-state index in [4.69, 9.17) is 4.52 Å². The molecule has 1 fully saturated rings. The Bertz CT molecular complexity index is 451. The molecule has 6 heteroatoms. The van der Waals surface area contributed by atoms with Crippen molar-refractivity contribution in [2.45, 2.75) is 59.5 Å². The van der Waals surface area contributed by atoms with Crippen LogP contribution in [0.3, 0.4) is 0 Å². The van der Waals surface area contributed by atoms with E-state index in [9.17, 15) is 0 Å². The molecule has 21 heavy (non-hydrogen) atoms. The molecular weight excluding hydrogens is 379 g/mol. The highest BCUT2D eigenvalue weighted by Crippen LogP contribution is 2.28. The Morgan fingerprint density at radius 1 is 1.33 bits per heavy atom. The van der Waals surface area contributed by atoms with Crippen molar-refractivity contribution in [2.75, 3.05) is 6.54 Å². The smallest absolute Gasteiger partial charge is 0.191 e. The summed E-state index contributed by atoms with van der Waals surface area (Å²) in [5.74, 6) is 2.61. The molecular formula is C15H27IN4O. The number of hydrogen-bond acceptors (Lipinski definition) is 3. The quantitative estimate of drug-likeness (QED) is 0.433. The molecule has 1 heterocycles. The van der Waals surface area contributed by atoms with Gasteiger partial charge in [-0.05, 0) is 25.7 Å². The lowest BCUT2D eigenvalue weighted by molar-refractivity contribution is 0.380. The van der Waals surface area contributed by atoms with Crippen molar-refractivity contribution in [3.8, 4) is 0 Å². The molecule has 2 N–H and O–H groups in total. The maximum atomic E-state index is 5.38. The SMILES string of the molecule is CCNC(=NCc1c(CC)noc1CC)NC1CC1C.I. The Hall–Kier alpha value is -0.790. The van der Waals surface area contributed by atoms with Gasteiger partial charge in [-0.3, -0.25) is 0 Å². The zero-order valence-electron chi connectivity index (χ0n) is 13.4. The van der Waals surface area contributed by atoms with Gasteiger partial charge >= 0.3 is 0 Å². The second kappa shape index (κ2) is 8.60. The van der Waals surface area contributed by atoms with Gasteiger partial charge in [0.05, 0.1) is 12.2 Å². The predicted molar refractivity (Wildman–Crippen MR) is 96.2 cm³/mol. The third-order valence-electron chi connectivity index (χ3n) is 3.78. The maximum absolute atomic E-state index is 5.38. The number of nitrogens with zero attached hydrogens (tertiary/aromatic N) is 2. The minimum atomic E-state index is 0. The minimum Gasteiger partial charge on any atom is -0.361 e. The zero-order valence-corrected chi connectivity index (χ0v) is 15.7. The summed E-state index contributed by atoms with van der Waals surface area (Å²) in [5.41, 5.74) is 2.18. The average Bonchev–Trinajstić information content (AvgIpc) is 3.00. The van der Waals surface area contributed by atoms with Gasteiger partial charge < -0.3 is 15.2 Å². The molecule has 1 aliphatic carbocycles. The number of halogens is 1. The van der Waals surface area contributed by atoms with Crippen LogP contribution < -0.4 is 10.6 Å². The Labute approximate surface area is 144 Å². The lowest BCUT2D eigenvalue weighted by Crippen LogP contribution is -2.39. The fourth-order valence-corrected chi connectivity index (χ4v) is 2.29. The summed E-state index contributed by atoms with van der Waals surface area (Å²) in [6, 6.07) is 0.576. The normalized spacial score (nSPS) is 20.9. The molecule has 1 saturated carbocycles. The van der Waals surface area contributed by atoms with Crippen molar-refractivity contribution in [3.63, 3.8) is 0 Å². The van der Waals surface area contributed by atoms with E-state index >= 15 is 0 Å². The van der Waals surface area contributed by atoms with Crippen LogP contribution in [-0.2, 0) is 19.4 Å². The Morgan fingerprint density at radius 2 is 2.05 bits per heavy atom. The highest BCUT2D eigenvalue weighted by molar-refractivity contribution is 14.0. The summed E-state index contributed by atoms with van der Waals surface area (Å²) in [4.78, 5) is 4.68. The predicted octanol–water partition coefficient (Wildman–Crippen LogP) is 2.88. The van der Waals surface area contributed by atoms with Gasteiger partial charge in [0.1, 0.15) is 5.76 Å². The van der Waals surface area contributed by atoms with E-state index in [1.54, 1.807) is 0 Å². The van der Waals surface area contributed by atoms with Crippen LogP contribution in [0, 0.1) is 5.92 Å². The molecule has 0 saturated heterocycles. The van der Waals surface area contributed by atoms with E-state index in [1.807, 2.05) is 0 Å². The highest BCUT2D eigenvalue weighted by Gasteiger charge is 2.33. The van der Waals surface area contributed by atoms with Crippen LogP contribution in [0.2, 0.25) is 0 Å². The first kappa shape index (κ1) is 18.3. The van der Waals surface area contributed by atoms with Crippen LogP contribution >= 0.6 is 24.0 Å². The number of aliphatic imine (C=N–C) groups is 1. The third kappa shape index (κ3) is 4.86. The molecule has 1 aromatic rings. The van der Waals surface area contributed by atoms with Crippen molar-refractivity contribution >= 4 is 29.9 Å². The van der Waals surface area contributed by atoms with Gasteiger partial charge in [0.15, 0.2) is 5.96 Å². The Kier molecular flexibility index (Phi) is 7.48. The molecule has 0 aliphatic heterocycles. The lowest BCUT2D eigenvalue weighted by atomic mass is 10.1. The molecule has 0 aromatic carbocycles. The van der Waals surface area contributed by atoms with Crippen LogP contribution in [-0.4, -0.2) is 23.7 Å². The number of nitrogens with one attached hydrogen (secondary N) is 2. The van der Waals surface area contributed by atoms with Crippen LogP contribution in [0.25, 0.3) is 0 Å². The average molecular weight is 406 g/mol. The Morgan fingerprint density at radius 3 is 2.57 bits per heavy atom. The molecule has 0 bridgehead atoms. The number of hydrogen-bond donors (Lipinski definition) is 2. The van der Waals surface area contributed by atoms with Gasteiger partial charge in [0, 0.05) is 24.6 Å². The van der Waals surface area contributed by atoms with Gasteiger partial charge in [0.2, 0.25) is 0 Å².